The standard InChI is InChI=1S/C27H42FN7O5/c1-4-5-6-7-11-40-27(39)33-23(24(36)37)15-31-26(38)35-17-18(2)34(16-19(35)3)22-10-8-9-21(12-22)32-25-29-13-20(28)14-30-25/h8-10,12,18-20,23H,4-7,11,13-17H2,1-3H3,(H,31,38)(H,33,39)(H,36,37)(H2,29,30,32)/t18?,19?,23-/m0/s1. The molecule has 1 aromatic carbocycles. The van der Waals surface area contributed by atoms with Crippen LogP contribution >= 0.6 is 0 Å². The van der Waals surface area contributed by atoms with Gasteiger partial charge >= 0.3 is 18.1 Å². The van der Waals surface area contributed by atoms with Crippen molar-refractivity contribution in [1.29, 1.82) is 0 Å². The minimum absolute atomic E-state index is 0.0225. The van der Waals surface area contributed by atoms with Crippen molar-refractivity contribution in [3.63, 3.8) is 0 Å². The van der Waals surface area contributed by atoms with Crippen molar-refractivity contribution in [2.75, 3.05) is 49.5 Å². The highest BCUT2D eigenvalue weighted by atomic mass is 19.1. The van der Waals surface area contributed by atoms with E-state index in [1.807, 2.05) is 38.1 Å². The molecular formula is C27H42FN7O5. The molecule has 0 aliphatic carbocycles. The molecule has 222 valence electrons. The number of urea groups is 1. The first-order valence-electron chi connectivity index (χ1n) is 13.9. The third-order valence-corrected chi connectivity index (χ3v) is 6.90. The average molecular weight is 564 g/mol. The number of alkyl halides is 1. The van der Waals surface area contributed by atoms with Crippen LogP contribution in [-0.4, -0.2) is 97.7 Å². The highest BCUT2D eigenvalue weighted by Gasteiger charge is 2.33. The molecule has 2 aliphatic heterocycles. The number of guanidine groups is 1. The van der Waals surface area contributed by atoms with E-state index in [1.165, 1.54) is 0 Å². The molecule has 0 bridgehead atoms. The van der Waals surface area contributed by atoms with Crippen LogP contribution in [0.25, 0.3) is 0 Å². The molecule has 1 fully saturated rings. The molecular weight excluding hydrogens is 521 g/mol. The molecule has 1 aromatic rings. The third kappa shape index (κ3) is 9.16. The van der Waals surface area contributed by atoms with Crippen LogP contribution in [0.3, 0.4) is 0 Å². The molecule has 40 heavy (non-hydrogen) atoms. The number of hydrogen-bond acceptors (Lipinski definition) is 8. The number of ether oxygens (including phenoxy) is 1. The maximum atomic E-state index is 13.3. The zero-order valence-corrected chi connectivity index (χ0v) is 23.5. The van der Waals surface area contributed by atoms with Crippen molar-refractivity contribution >= 4 is 35.4 Å². The number of piperazine rings is 1. The SMILES string of the molecule is CCCCCCOC(=O)N[C@@H](CNC(=O)N1CC(C)N(c2cccc(NC3=NCC(F)CN3)c2)CC1C)C(=O)O. The summed E-state index contributed by atoms with van der Waals surface area (Å²) in [6, 6.07) is 5.90. The van der Waals surface area contributed by atoms with Crippen molar-refractivity contribution in [3.8, 4) is 0 Å². The summed E-state index contributed by atoms with van der Waals surface area (Å²) in [5.41, 5.74) is 1.78. The first kappa shape index (κ1) is 30.8. The van der Waals surface area contributed by atoms with Crippen LogP contribution < -0.4 is 26.2 Å². The number of aliphatic imine (C=N–C) groups is 1. The molecule has 0 aromatic heterocycles. The van der Waals surface area contributed by atoms with Gasteiger partial charge in [0.05, 0.1) is 26.2 Å². The van der Waals surface area contributed by atoms with E-state index in [-0.39, 0.29) is 38.3 Å². The van der Waals surface area contributed by atoms with Crippen LogP contribution in [-0.2, 0) is 9.53 Å². The Hall–Kier alpha value is -3.77. The van der Waals surface area contributed by atoms with Gasteiger partial charge < -0.3 is 40.9 Å². The van der Waals surface area contributed by atoms with E-state index in [9.17, 15) is 23.9 Å². The summed E-state index contributed by atoms with van der Waals surface area (Å²) < 4.78 is 18.4. The fraction of sp³-hybridized carbons (Fsp3) is 0.630. The smallest absolute Gasteiger partial charge is 0.407 e. The maximum absolute atomic E-state index is 13.3. The first-order chi connectivity index (χ1) is 19.2. The molecule has 5 N–H and O–H groups in total. The molecule has 4 atom stereocenters. The van der Waals surface area contributed by atoms with Crippen LogP contribution in [0.15, 0.2) is 29.3 Å². The van der Waals surface area contributed by atoms with Gasteiger partial charge in [0, 0.05) is 36.5 Å². The Morgan fingerprint density at radius 3 is 2.70 bits per heavy atom. The van der Waals surface area contributed by atoms with E-state index >= 15 is 0 Å². The Labute approximate surface area is 234 Å². The lowest BCUT2D eigenvalue weighted by Crippen LogP contribution is -2.61. The van der Waals surface area contributed by atoms with Gasteiger partial charge in [-0.05, 0) is 38.5 Å². The Balaban J connectivity index is 1.51. The Kier molecular flexibility index (Phi) is 11.6. The van der Waals surface area contributed by atoms with Gasteiger partial charge in [-0.1, -0.05) is 32.3 Å². The summed E-state index contributed by atoms with van der Waals surface area (Å²) >= 11 is 0. The van der Waals surface area contributed by atoms with Crippen molar-refractivity contribution in [1.82, 2.24) is 20.9 Å². The normalized spacial score (nSPS) is 21.5. The first-order valence-corrected chi connectivity index (χ1v) is 13.9. The number of halogens is 1. The number of carboxylic acid groups (broad SMARTS) is 1. The lowest BCUT2D eigenvalue weighted by Gasteiger charge is -2.45. The quantitative estimate of drug-likeness (QED) is 0.258. The number of amides is 3. The van der Waals surface area contributed by atoms with Crippen molar-refractivity contribution in [3.05, 3.63) is 24.3 Å². The van der Waals surface area contributed by atoms with Gasteiger partial charge in [-0.15, -0.1) is 0 Å². The lowest BCUT2D eigenvalue weighted by atomic mass is 10.1. The van der Waals surface area contributed by atoms with Crippen LogP contribution in [0.4, 0.5) is 25.4 Å². The second-order valence-corrected chi connectivity index (χ2v) is 10.3. The number of aliphatic carboxylic acids is 1. The summed E-state index contributed by atoms with van der Waals surface area (Å²) in [6.45, 7) is 7.29. The fourth-order valence-corrected chi connectivity index (χ4v) is 4.64. The highest BCUT2D eigenvalue weighted by molar-refractivity contribution is 5.94. The van der Waals surface area contributed by atoms with E-state index in [2.05, 4.69) is 38.1 Å². The number of rotatable bonds is 11. The number of carboxylic acids is 1. The monoisotopic (exact) mass is 563 g/mol. The molecule has 0 spiro atoms. The molecule has 1 saturated heterocycles. The molecule has 0 radical (unpaired) electrons. The van der Waals surface area contributed by atoms with Gasteiger partial charge in [0.1, 0.15) is 12.2 Å². The zero-order valence-electron chi connectivity index (χ0n) is 23.5. The number of nitrogens with zero attached hydrogens (tertiary/aromatic N) is 3. The summed E-state index contributed by atoms with van der Waals surface area (Å²) in [4.78, 5) is 44.7. The Morgan fingerprint density at radius 1 is 1.20 bits per heavy atom. The van der Waals surface area contributed by atoms with Crippen LogP contribution in [0, 0.1) is 0 Å². The second kappa shape index (κ2) is 15.1. The molecule has 2 aliphatic rings. The van der Waals surface area contributed by atoms with Crippen LogP contribution in [0.2, 0.25) is 0 Å². The highest BCUT2D eigenvalue weighted by Crippen LogP contribution is 2.26. The number of hydrogen-bond donors (Lipinski definition) is 5. The lowest BCUT2D eigenvalue weighted by molar-refractivity contribution is -0.139. The number of anilines is 2. The number of alkyl carbamates (subject to hydrolysis) is 1. The average Bonchev–Trinajstić information content (AvgIpc) is 2.93. The summed E-state index contributed by atoms with van der Waals surface area (Å²) in [5, 5.41) is 20.6. The second-order valence-electron chi connectivity index (χ2n) is 10.3. The molecule has 2 heterocycles. The number of carbonyl (C=O) groups excluding carboxylic acids is 2. The molecule has 12 nitrogen and oxygen atoms in total. The van der Waals surface area contributed by atoms with Crippen molar-refractivity contribution in [2.45, 2.75) is 70.8 Å². The van der Waals surface area contributed by atoms with Crippen LogP contribution in [0.5, 0.6) is 0 Å². The number of unbranched alkanes of at least 4 members (excludes halogenated alkanes) is 3. The minimum atomic E-state index is -1.31. The Morgan fingerprint density at radius 2 is 2.00 bits per heavy atom. The van der Waals surface area contributed by atoms with E-state index in [0.717, 1.165) is 30.6 Å². The largest absolute Gasteiger partial charge is 0.480 e. The molecule has 0 saturated carbocycles. The molecule has 3 amide bonds. The van der Waals surface area contributed by atoms with Gasteiger partial charge in [-0.25, -0.2) is 23.8 Å². The van der Waals surface area contributed by atoms with E-state index in [1.54, 1.807) is 4.90 Å². The predicted molar refractivity (Wildman–Crippen MR) is 152 cm³/mol. The summed E-state index contributed by atoms with van der Waals surface area (Å²) in [7, 11) is 0. The van der Waals surface area contributed by atoms with E-state index in [0.29, 0.717) is 25.5 Å². The fourth-order valence-electron chi connectivity index (χ4n) is 4.64. The number of benzene rings is 1. The number of nitrogens with one attached hydrogen (secondary N) is 4. The van der Waals surface area contributed by atoms with Gasteiger partial charge in [0.2, 0.25) is 0 Å². The topological polar surface area (TPSA) is 148 Å². The van der Waals surface area contributed by atoms with E-state index in [4.69, 9.17) is 4.74 Å². The summed E-state index contributed by atoms with van der Waals surface area (Å²) in [6.07, 6.45) is 1.95. The third-order valence-electron chi connectivity index (χ3n) is 6.90. The molecule has 3 unspecified atom stereocenters. The Bertz CT molecular complexity index is 1040. The van der Waals surface area contributed by atoms with Gasteiger partial charge in [-0.3, -0.25) is 0 Å². The van der Waals surface area contributed by atoms with Crippen molar-refractivity contribution in [2.24, 2.45) is 4.99 Å². The van der Waals surface area contributed by atoms with Crippen molar-refractivity contribution < 1.29 is 28.6 Å². The zero-order chi connectivity index (χ0) is 29.1. The van der Waals surface area contributed by atoms with E-state index < -0.39 is 30.3 Å². The molecule has 13 heteroatoms. The molecule has 3 rings (SSSR count). The van der Waals surface area contributed by atoms with Crippen LogP contribution in [0.1, 0.15) is 46.5 Å². The van der Waals surface area contributed by atoms with Gasteiger partial charge in [0.15, 0.2) is 5.96 Å². The predicted octanol–water partition coefficient (Wildman–Crippen LogP) is 2.76. The van der Waals surface area contributed by atoms with Gasteiger partial charge in [-0.2, -0.15) is 0 Å². The van der Waals surface area contributed by atoms with Gasteiger partial charge in [0.25, 0.3) is 0 Å². The number of carbonyl (C=O) groups is 3. The maximum Gasteiger partial charge on any atom is 0.407 e. The summed E-state index contributed by atoms with van der Waals surface area (Å²) in [5.74, 6) is -0.731. The minimum Gasteiger partial charge on any atom is -0.480 e.